The van der Waals surface area contributed by atoms with Crippen molar-refractivity contribution in [3.05, 3.63) is 59.7 Å². The number of amides is 1. The van der Waals surface area contributed by atoms with Crippen molar-refractivity contribution in [1.82, 2.24) is 5.32 Å². The van der Waals surface area contributed by atoms with Crippen molar-refractivity contribution < 1.29 is 72.1 Å². The van der Waals surface area contributed by atoms with Crippen LogP contribution in [0.25, 0.3) is 0 Å². The summed E-state index contributed by atoms with van der Waals surface area (Å²) in [5.74, 6) is -4.57. The molecule has 2 bridgehead atoms. The average Bonchev–Trinajstić information content (AvgIpc) is 3.15. The van der Waals surface area contributed by atoms with Crippen LogP contribution < -0.4 is 5.32 Å². The minimum Gasteiger partial charge on any atom is -0.456 e. The Kier molecular flexibility index (Phi) is 12.9. The van der Waals surface area contributed by atoms with Crippen molar-refractivity contribution in [2.24, 2.45) is 22.7 Å². The summed E-state index contributed by atoms with van der Waals surface area (Å²) in [4.78, 5) is 68.1. The van der Waals surface area contributed by atoms with E-state index in [1.165, 1.54) is 19.9 Å². The molecule has 4 unspecified atom stereocenters. The third-order valence-corrected chi connectivity index (χ3v) is 13.4. The van der Waals surface area contributed by atoms with E-state index in [4.69, 9.17) is 37.9 Å². The molecule has 6 rings (SSSR count). The average molecular weight is 870 g/mol. The van der Waals surface area contributed by atoms with E-state index in [1.807, 2.05) is 20.8 Å². The minimum atomic E-state index is -2.23. The quantitative estimate of drug-likeness (QED) is 0.154. The molecule has 2 saturated carbocycles. The van der Waals surface area contributed by atoms with E-state index < -0.39 is 125 Å². The number of hydrogen-bond acceptors (Lipinski definition) is 15. The van der Waals surface area contributed by atoms with Crippen molar-refractivity contribution in [2.45, 2.75) is 167 Å². The molecule has 16 heteroatoms. The van der Waals surface area contributed by atoms with Crippen molar-refractivity contribution in [3.63, 3.8) is 0 Å². The van der Waals surface area contributed by atoms with E-state index >= 15 is 0 Å². The number of nitrogens with one attached hydrogen (secondary N) is 1. The van der Waals surface area contributed by atoms with Crippen LogP contribution in [0.3, 0.4) is 0 Å². The molecule has 0 radical (unpaired) electrons. The zero-order chi connectivity index (χ0) is 45.9. The highest BCUT2D eigenvalue weighted by atomic mass is 16.7. The summed E-state index contributed by atoms with van der Waals surface area (Å²) in [7, 11) is 0. The standard InChI is InChI=1S/C46H63NO15/c1-13-32-58-30-20-31-45(22-55-31,61-26(6)49)36-38(60-39(51)27-17-15-14-16-18-27)46(54)21-29(57-40(52)34(50)28(19-23(2)3)47-41(53)62-42(7,8)9)24(4)33(43(46,10)11)35(56-25(5)48)37(59-32)44(30,36)12/h13-18,23,28-32,34-38,50,54H,1,19-22H2,2-12H3,(H,47,53)/t28-,29-,30-,31?,32?,34-,35-,36?,37-,38?,44+,45-,46+/m0/s1. The lowest BCUT2D eigenvalue weighted by Crippen LogP contribution is -2.83. The SMILES string of the molecule is C=CC1O[C@H]2CC3OC[C@@]3(OC(C)=O)C3C(OC(=O)c4ccccc4)[C@]4(O)C[C@H](OC(=O)[C@@H](O)[C@H](CC(C)C)NC(=O)OC(C)(C)C)C(C)=C([C@H](OC(C)=O)[C@H](O1)[C@@]32C)C4(C)C. The number of aliphatic hydroxyl groups excluding tert-OH is 1. The molecule has 3 aliphatic carbocycles. The zero-order valence-electron chi connectivity index (χ0n) is 37.6. The lowest BCUT2D eigenvalue weighted by atomic mass is 9.44. The molecule has 2 saturated heterocycles. The molecule has 0 aromatic heterocycles. The maximum atomic E-state index is 14.4. The first-order valence-corrected chi connectivity index (χ1v) is 21.3. The summed E-state index contributed by atoms with van der Waals surface area (Å²) >= 11 is 0. The number of benzene rings is 1. The number of rotatable bonds is 11. The molecule has 3 N–H and O–H groups in total. The molecule has 342 valence electrons. The van der Waals surface area contributed by atoms with Gasteiger partial charge in [0.15, 0.2) is 24.1 Å². The number of aliphatic hydroxyl groups is 2. The normalized spacial score (nSPS) is 35.5. The van der Waals surface area contributed by atoms with Gasteiger partial charge in [0.05, 0.1) is 30.2 Å². The smallest absolute Gasteiger partial charge is 0.407 e. The Labute approximate surface area is 362 Å². The fraction of sp³-hybridized carbons (Fsp3) is 0.674. The topological polar surface area (TPSA) is 212 Å². The lowest BCUT2D eigenvalue weighted by Gasteiger charge is -2.71. The van der Waals surface area contributed by atoms with E-state index in [-0.39, 0.29) is 30.9 Å². The summed E-state index contributed by atoms with van der Waals surface area (Å²) in [6, 6.07) is 7.04. The fourth-order valence-corrected chi connectivity index (χ4v) is 10.7. The van der Waals surface area contributed by atoms with Crippen LogP contribution in [0.1, 0.15) is 106 Å². The monoisotopic (exact) mass is 869 g/mol. The number of alkyl carbamates (subject to hydrolysis) is 1. The third-order valence-electron chi connectivity index (χ3n) is 13.4. The van der Waals surface area contributed by atoms with Gasteiger partial charge in [0.25, 0.3) is 0 Å². The summed E-state index contributed by atoms with van der Waals surface area (Å²) in [5, 5.41) is 28.1. The van der Waals surface area contributed by atoms with Gasteiger partial charge in [-0.15, -0.1) is 0 Å². The number of ether oxygens (including phenoxy) is 8. The fourth-order valence-electron chi connectivity index (χ4n) is 10.7. The number of esters is 4. The van der Waals surface area contributed by atoms with Crippen molar-refractivity contribution in [1.29, 1.82) is 0 Å². The summed E-state index contributed by atoms with van der Waals surface area (Å²) < 4.78 is 50.2. The molecule has 1 aromatic rings. The number of carbonyl (C=O) groups excluding carboxylic acids is 5. The van der Waals surface area contributed by atoms with Gasteiger partial charge in [-0.05, 0) is 69.4 Å². The molecule has 1 aromatic carbocycles. The van der Waals surface area contributed by atoms with E-state index in [2.05, 4.69) is 11.9 Å². The summed E-state index contributed by atoms with van der Waals surface area (Å²) in [5.41, 5.74) is -6.65. The zero-order valence-corrected chi connectivity index (χ0v) is 37.6. The Morgan fingerprint density at radius 1 is 0.984 bits per heavy atom. The number of carbonyl (C=O) groups is 5. The van der Waals surface area contributed by atoms with Crippen LogP contribution in [0.5, 0.6) is 0 Å². The van der Waals surface area contributed by atoms with Crippen molar-refractivity contribution >= 4 is 30.0 Å². The molecule has 2 heterocycles. The molecule has 16 nitrogen and oxygen atoms in total. The van der Waals surface area contributed by atoms with Gasteiger partial charge in [0.2, 0.25) is 0 Å². The van der Waals surface area contributed by atoms with Gasteiger partial charge in [-0.3, -0.25) is 9.59 Å². The minimum absolute atomic E-state index is 0.0926. The second-order valence-corrected chi connectivity index (χ2v) is 19.5. The van der Waals surface area contributed by atoms with Crippen LogP contribution in [0.15, 0.2) is 54.1 Å². The number of hydrogen-bond donors (Lipinski definition) is 3. The van der Waals surface area contributed by atoms with E-state index in [9.17, 15) is 34.2 Å². The summed E-state index contributed by atoms with van der Waals surface area (Å²) in [6.45, 7) is 21.9. The van der Waals surface area contributed by atoms with E-state index in [1.54, 1.807) is 71.9 Å². The van der Waals surface area contributed by atoms with Gasteiger partial charge in [-0.2, -0.15) is 0 Å². The molecule has 62 heavy (non-hydrogen) atoms. The highest BCUT2D eigenvalue weighted by Gasteiger charge is 2.79. The third kappa shape index (κ3) is 8.28. The Morgan fingerprint density at radius 3 is 2.19 bits per heavy atom. The molecule has 1 amide bonds. The highest BCUT2D eigenvalue weighted by molar-refractivity contribution is 5.89. The van der Waals surface area contributed by atoms with E-state index in [0.717, 1.165) is 0 Å². The van der Waals surface area contributed by atoms with Gasteiger partial charge in [0, 0.05) is 37.5 Å². The molecule has 0 spiro atoms. The molecule has 5 aliphatic rings. The second-order valence-electron chi connectivity index (χ2n) is 19.5. The largest absolute Gasteiger partial charge is 0.456 e. The maximum Gasteiger partial charge on any atom is 0.407 e. The molecular formula is C46H63NO15. The lowest BCUT2D eigenvalue weighted by molar-refractivity contribution is -0.405. The van der Waals surface area contributed by atoms with Crippen LogP contribution in [0, 0.1) is 22.7 Å². The predicted octanol–water partition coefficient (Wildman–Crippen LogP) is 4.87. The summed E-state index contributed by atoms with van der Waals surface area (Å²) in [6.07, 6.45) is -9.36. The number of fused-ring (bicyclic) bond motifs is 4. The Morgan fingerprint density at radius 2 is 1.65 bits per heavy atom. The van der Waals surface area contributed by atoms with Crippen LogP contribution in [-0.2, 0) is 52.3 Å². The maximum absolute atomic E-state index is 14.4. The molecule has 4 fully saturated rings. The van der Waals surface area contributed by atoms with Crippen molar-refractivity contribution in [3.8, 4) is 0 Å². The van der Waals surface area contributed by atoms with Crippen LogP contribution >= 0.6 is 0 Å². The van der Waals surface area contributed by atoms with Crippen molar-refractivity contribution in [2.75, 3.05) is 6.61 Å². The first-order chi connectivity index (χ1) is 28.8. The van der Waals surface area contributed by atoms with Gasteiger partial charge < -0.3 is 53.4 Å². The van der Waals surface area contributed by atoms with Gasteiger partial charge >= 0.3 is 30.0 Å². The first-order valence-electron chi connectivity index (χ1n) is 21.3. The van der Waals surface area contributed by atoms with Gasteiger partial charge in [0.1, 0.15) is 35.6 Å². The van der Waals surface area contributed by atoms with E-state index in [0.29, 0.717) is 11.1 Å². The predicted molar refractivity (Wildman–Crippen MR) is 220 cm³/mol. The molecule has 2 aliphatic heterocycles. The Bertz CT molecular complexity index is 1960. The Hall–Kier alpha value is -4.35. The highest BCUT2D eigenvalue weighted by Crippen LogP contribution is 2.67. The van der Waals surface area contributed by atoms with Gasteiger partial charge in [-0.25, -0.2) is 14.4 Å². The van der Waals surface area contributed by atoms with Crippen LogP contribution in [-0.4, -0.2) is 119 Å². The van der Waals surface area contributed by atoms with Crippen LogP contribution in [0.4, 0.5) is 4.79 Å². The molecule has 13 atom stereocenters. The molecular weight excluding hydrogens is 806 g/mol. The van der Waals surface area contributed by atoms with Gasteiger partial charge in [-0.1, -0.05) is 59.4 Å². The second kappa shape index (κ2) is 17.0. The van der Waals surface area contributed by atoms with Crippen LogP contribution in [0.2, 0.25) is 0 Å². The Balaban J connectivity index is 1.57. The first kappa shape index (κ1) is 47.1.